The number of nitrogen functional groups attached to an aromatic ring is 1. The average molecular weight is 269 g/mol. The lowest BCUT2D eigenvalue weighted by molar-refractivity contribution is 0.401. The molecule has 5 heteroatoms. The highest BCUT2D eigenvalue weighted by Crippen LogP contribution is 2.20. The molecule has 0 aliphatic heterocycles. The summed E-state index contributed by atoms with van der Waals surface area (Å²) >= 11 is 1.92. The third kappa shape index (κ3) is 5.49. The second-order valence-electron chi connectivity index (χ2n) is 4.13. The van der Waals surface area contributed by atoms with E-state index >= 15 is 0 Å². The maximum absolute atomic E-state index is 5.71. The number of aromatic nitrogens is 1. The highest BCUT2D eigenvalue weighted by molar-refractivity contribution is 7.98. The molecule has 1 aromatic heterocycles. The Labute approximate surface area is 114 Å². The first kappa shape index (κ1) is 15.0. The van der Waals surface area contributed by atoms with Crippen molar-refractivity contribution in [2.75, 3.05) is 36.7 Å². The van der Waals surface area contributed by atoms with Crippen molar-refractivity contribution in [3.63, 3.8) is 0 Å². The molecular weight excluding hydrogens is 246 g/mol. The normalized spacial score (nSPS) is 10.3. The largest absolute Gasteiger partial charge is 0.479 e. The Bertz CT molecular complexity index is 347. The van der Waals surface area contributed by atoms with Gasteiger partial charge in [0.1, 0.15) is 5.82 Å². The number of ether oxygens (including phenoxy) is 1. The van der Waals surface area contributed by atoms with Gasteiger partial charge < -0.3 is 15.8 Å². The van der Waals surface area contributed by atoms with Crippen LogP contribution in [-0.2, 0) is 0 Å². The predicted octanol–water partition coefficient (Wildman–Crippen LogP) is 3.01. The number of anilines is 2. The Hall–Kier alpha value is -1.10. The number of methoxy groups -OCH3 is 1. The number of hydrogen-bond acceptors (Lipinski definition) is 5. The molecule has 0 atom stereocenters. The lowest BCUT2D eigenvalue weighted by Gasteiger charge is -2.08. The molecule has 1 rings (SSSR count). The van der Waals surface area contributed by atoms with Crippen LogP contribution in [0.15, 0.2) is 12.1 Å². The van der Waals surface area contributed by atoms with Gasteiger partial charge in [-0.25, -0.2) is 0 Å². The molecule has 0 bridgehead atoms. The van der Waals surface area contributed by atoms with Crippen LogP contribution in [0.2, 0.25) is 0 Å². The fraction of sp³-hybridized carbons (Fsp3) is 0.615. The van der Waals surface area contributed by atoms with Gasteiger partial charge in [0.15, 0.2) is 0 Å². The monoisotopic (exact) mass is 269 g/mol. The molecule has 4 nitrogen and oxygen atoms in total. The lowest BCUT2D eigenvalue weighted by atomic mass is 10.2. The van der Waals surface area contributed by atoms with Crippen LogP contribution in [0.1, 0.15) is 25.7 Å². The van der Waals surface area contributed by atoms with Crippen LogP contribution in [0.25, 0.3) is 0 Å². The zero-order valence-corrected chi connectivity index (χ0v) is 12.1. The first-order valence-electron chi connectivity index (χ1n) is 6.31. The second kappa shape index (κ2) is 8.91. The Balaban J connectivity index is 2.19. The molecule has 1 heterocycles. The molecule has 0 spiro atoms. The second-order valence-corrected chi connectivity index (χ2v) is 5.11. The molecule has 0 amide bonds. The summed E-state index contributed by atoms with van der Waals surface area (Å²) in [6.45, 7) is 0.944. The van der Waals surface area contributed by atoms with E-state index in [-0.39, 0.29) is 0 Å². The first-order chi connectivity index (χ1) is 8.77. The van der Waals surface area contributed by atoms with Crippen molar-refractivity contribution in [3.8, 4) is 5.88 Å². The van der Waals surface area contributed by atoms with Gasteiger partial charge in [0.2, 0.25) is 5.88 Å². The van der Waals surface area contributed by atoms with Crippen molar-refractivity contribution in [2.24, 2.45) is 0 Å². The minimum absolute atomic E-state index is 0.486. The van der Waals surface area contributed by atoms with E-state index in [1.807, 2.05) is 23.9 Å². The summed E-state index contributed by atoms with van der Waals surface area (Å²) in [5.74, 6) is 2.58. The van der Waals surface area contributed by atoms with Gasteiger partial charge in [-0.05, 0) is 37.0 Å². The SMILES string of the molecule is COc1nc(NCCCCCCSC)ccc1N. The van der Waals surface area contributed by atoms with Crippen molar-refractivity contribution < 1.29 is 4.74 Å². The molecule has 0 unspecified atom stereocenters. The molecular formula is C13H23N3OS. The predicted molar refractivity (Wildman–Crippen MR) is 80.5 cm³/mol. The van der Waals surface area contributed by atoms with E-state index in [1.54, 1.807) is 7.11 Å². The minimum atomic E-state index is 0.486. The number of pyridine rings is 1. The average Bonchev–Trinajstić information content (AvgIpc) is 2.39. The molecule has 0 saturated carbocycles. The zero-order valence-electron chi connectivity index (χ0n) is 11.2. The summed E-state index contributed by atoms with van der Waals surface area (Å²) in [7, 11) is 1.58. The minimum Gasteiger partial charge on any atom is -0.479 e. The van der Waals surface area contributed by atoms with Crippen molar-refractivity contribution in [1.82, 2.24) is 4.98 Å². The number of hydrogen-bond donors (Lipinski definition) is 2. The fourth-order valence-electron chi connectivity index (χ4n) is 1.65. The molecule has 3 N–H and O–H groups in total. The molecule has 18 heavy (non-hydrogen) atoms. The summed E-state index contributed by atoms with van der Waals surface area (Å²) in [4.78, 5) is 4.28. The van der Waals surface area contributed by atoms with Gasteiger partial charge in [0.05, 0.1) is 12.8 Å². The van der Waals surface area contributed by atoms with Crippen molar-refractivity contribution in [2.45, 2.75) is 25.7 Å². The quantitative estimate of drug-likeness (QED) is 0.675. The van der Waals surface area contributed by atoms with E-state index in [0.717, 1.165) is 12.4 Å². The van der Waals surface area contributed by atoms with Crippen molar-refractivity contribution >= 4 is 23.3 Å². The summed E-state index contributed by atoms with van der Waals surface area (Å²) < 4.78 is 5.08. The highest BCUT2D eigenvalue weighted by Gasteiger charge is 2.01. The number of thioether (sulfide) groups is 1. The van der Waals surface area contributed by atoms with Crippen molar-refractivity contribution in [1.29, 1.82) is 0 Å². The van der Waals surface area contributed by atoms with Gasteiger partial charge in [-0.2, -0.15) is 16.7 Å². The van der Waals surface area contributed by atoms with E-state index in [2.05, 4.69) is 16.6 Å². The number of rotatable bonds is 9. The molecule has 1 aromatic rings. The highest BCUT2D eigenvalue weighted by atomic mass is 32.2. The number of nitrogens with two attached hydrogens (primary N) is 1. The molecule has 0 aliphatic rings. The molecule has 102 valence electrons. The van der Waals surface area contributed by atoms with Crippen LogP contribution in [0.4, 0.5) is 11.5 Å². The maximum atomic E-state index is 5.71. The van der Waals surface area contributed by atoms with Gasteiger partial charge in [-0.3, -0.25) is 0 Å². The third-order valence-electron chi connectivity index (χ3n) is 2.66. The lowest BCUT2D eigenvalue weighted by Crippen LogP contribution is -2.05. The van der Waals surface area contributed by atoms with Gasteiger partial charge in [-0.1, -0.05) is 12.8 Å². The van der Waals surface area contributed by atoms with E-state index in [0.29, 0.717) is 11.6 Å². The van der Waals surface area contributed by atoms with Crippen LogP contribution in [0.5, 0.6) is 5.88 Å². The van der Waals surface area contributed by atoms with E-state index < -0.39 is 0 Å². The van der Waals surface area contributed by atoms with Gasteiger partial charge >= 0.3 is 0 Å². The summed E-state index contributed by atoms with van der Waals surface area (Å²) in [6.07, 6.45) is 7.21. The Kier molecular flexibility index (Phi) is 7.41. The number of nitrogens with zero attached hydrogens (tertiary/aromatic N) is 1. The summed E-state index contributed by atoms with van der Waals surface area (Å²) in [5.41, 5.74) is 6.28. The van der Waals surface area contributed by atoms with Crippen LogP contribution < -0.4 is 15.8 Å². The fourth-order valence-corrected chi connectivity index (χ4v) is 2.15. The molecule has 0 fully saturated rings. The standard InChI is InChI=1S/C13H23N3OS/c1-17-13-11(14)7-8-12(16-13)15-9-5-3-4-6-10-18-2/h7-8H,3-6,9-10,14H2,1-2H3,(H,15,16). The summed E-state index contributed by atoms with van der Waals surface area (Å²) in [5, 5.41) is 3.29. The molecule has 0 aliphatic carbocycles. The van der Waals surface area contributed by atoms with Gasteiger partial charge in [0, 0.05) is 6.54 Å². The van der Waals surface area contributed by atoms with Gasteiger partial charge in [0.25, 0.3) is 0 Å². The number of unbranched alkanes of at least 4 members (excludes halogenated alkanes) is 3. The molecule has 0 radical (unpaired) electrons. The Morgan fingerprint density at radius 2 is 2.06 bits per heavy atom. The van der Waals surface area contributed by atoms with Crippen LogP contribution >= 0.6 is 11.8 Å². The Morgan fingerprint density at radius 1 is 1.28 bits per heavy atom. The summed E-state index contributed by atoms with van der Waals surface area (Å²) in [6, 6.07) is 3.69. The van der Waals surface area contributed by atoms with E-state index in [4.69, 9.17) is 10.5 Å². The Morgan fingerprint density at radius 3 is 2.78 bits per heavy atom. The van der Waals surface area contributed by atoms with Crippen molar-refractivity contribution in [3.05, 3.63) is 12.1 Å². The molecule has 0 aromatic carbocycles. The van der Waals surface area contributed by atoms with Crippen LogP contribution in [0.3, 0.4) is 0 Å². The zero-order chi connectivity index (χ0) is 13.2. The number of nitrogens with one attached hydrogen (secondary N) is 1. The third-order valence-corrected chi connectivity index (χ3v) is 3.36. The maximum Gasteiger partial charge on any atom is 0.238 e. The smallest absolute Gasteiger partial charge is 0.238 e. The van der Waals surface area contributed by atoms with Crippen LogP contribution in [0, 0.1) is 0 Å². The van der Waals surface area contributed by atoms with E-state index in [9.17, 15) is 0 Å². The van der Waals surface area contributed by atoms with Gasteiger partial charge in [-0.15, -0.1) is 0 Å². The topological polar surface area (TPSA) is 60.2 Å². The first-order valence-corrected chi connectivity index (χ1v) is 7.70. The van der Waals surface area contributed by atoms with Crippen LogP contribution in [-0.4, -0.2) is 30.6 Å². The van der Waals surface area contributed by atoms with E-state index in [1.165, 1.54) is 31.4 Å². The molecule has 0 saturated heterocycles.